The lowest BCUT2D eigenvalue weighted by molar-refractivity contribution is 0.622. The molecule has 1 N–H and O–H groups in total. The van der Waals surface area contributed by atoms with Crippen LogP contribution in [0.2, 0.25) is 0 Å². The van der Waals surface area contributed by atoms with Crippen LogP contribution in [0.4, 0.5) is 4.39 Å². The number of nitrogens with one attached hydrogen (secondary N) is 1. The number of aromatic nitrogens is 2. The first kappa shape index (κ1) is 14.5. The van der Waals surface area contributed by atoms with Crippen molar-refractivity contribution in [3.05, 3.63) is 57.0 Å². The van der Waals surface area contributed by atoms with Gasteiger partial charge in [0.1, 0.15) is 5.82 Å². The summed E-state index contributed by atoms with van der Waals surface area (Å²) in [6, 6.07) is 11.4. The van der Waals surface area contributed by atoms with Crippen LogP contribution >= 0.6 is 28.1 Å². The maximum absolute atomic E-state index is 13.9. The van der Waals surface area contributed by atoms with E-state index in [1.807, 2.05) is 16.7 Å². The Morgan fingerprint density at radius 2 is 2.00 bits per heavy atom. The third-order valence-corrected chi connectivity index (χ3v) is 4.41. The minimum absolute atomic E-state index is 0.301. The van der Waals surface area contributed by atoms with E-state index >= 15 is 0 Å². The van der Waals surface area contributed by atoms with Gasteiger partial charge in [-0.05, 0) is 57.8 Å². The smallest absolute Gasteiger partial charge is 0.182 e. The van der Waals surface area contributed by atoms with Crippen LogP contribution in [0, 0.1) is 10.6 Å². The summed E-state index contributed by atoms with van der Waals surface area (Å²) in [4.78, 5) is 3.12. The van der Waals surface area contributed by atoms with Gasteiger partial charge >= 0.3 is 0 Å². The number of rotatable bonds is 2. The summed E-state index contributed by atoms with van der Waals surface area (Å²) in [6.45, 7) is 4.29. The summed E-state index contributed by atoms with van der Waals surface area (Å²) in [5.41, 5.74) is 3.71. The Balaban J connectivity index is 2.30. The molecule has 0 aliphatic carbocycles. The molecular weight excluding hydrogens is 351 g/mol. The van der Waals surface area contributed by atoms with Gasteiger partial charge in [0.15, 0.2) is 4.77 Å². The van der Waals surface area contributed by atoms with Crippen LogP contribution in [0.5, 0.6) is 0 Å². The summed E-state index contributed by atoms with van der Waals surface area (Å²) in [5.74, 6) is 0.125. The van der Waals surface area contributed by atoms with E-state index in [2.05, 4.69) is 46.9 Å². The zero-order chi connectivity index (χ0) is 15.1. The third kappa shape index (κ3) is 2.56. The highest BCUT2D eigenvalue weighted by molar-refractivity contribution is 9.10. The van der Waals surface area contributed by atoms with Gasteiger partial charge < -0.3 is 4.98 Å². The molecule has 3 aromatic rings. The SMILES string of the molecule is CC(C)c1cccc(-n2c(=S)[nH]c3cc(Br)c(F)cc32)c1. The molecule has 0 saturated heterocycles. The summed E-state index contributed by atoms with van der Waals surface area (Å²) in [5, 5.41) is 0. The molecule has 21 heavy (non-hydrogen) atoms. The first-order valence-electron chi connectivity index (χ1n) is 6.67. The maximum Gasteiger partial charge on any atom is 0.182 e. The second kappa shape index (κ2) is 5.39. The fourth-order valence-corrected chi connectivity index (χ4v) is 3.04. The minimum atomic E-state index is -0.301. The van der Waals surface area contributed by atoms with Crippen molar-refractivity contribution in [1.29, 1.82) is 0 Å². The molecule has 0 radical (unpaired) electrons. The van der Waals surface area contributed by atoms with Crippen LogP contribution in [0.3, 0.4) is 0 Å². The predicted molar refractivity (Wildman–Crippen MR) is 90.2 cm³/mol. The van der Waals surface area contributed by atoms with Gasteiger partial charge in [-0.15, -0.1) is 0 Å². The van der Waals surface area contributed by atoms with Crippen molar-refractivity contribution >= 4 is 39.2 Å². The second-order valence-electron chi connectivity index (χ2n) is 5.30. The molecule has 108 valence electrons. The van der Waals surface area contributed by atoms with E-state index in [9.17, 15) is 4.39 Å². The van der Waals surface area contributed by atoms with Crippen molar-refractivity contribution in [3.63, 3.8) is 0 Å². The molecule has 0 unspecified atom stereocenters. The van der Waals surface area contributed by atoms with Crippen LogP contribution < -0.4 is 0 Å². The average Bonchev–Trinajstić information content (AvgIpc) is 2.74. The maximum atomic E-state index is 13.9. The molecule has 0 aliphatic rings. The van der Waals surface area contributed by atoms with E-state index in [-0.39, 0.29) is 5.82 Å². The summed E-state index contributed by atoms with van der Waals surface area (Å²) in [7, 11) is 0. The van der Waals surface area contributed by atoms with Crippen molar-refractivity contribution in [2.75, 3.05) is 0 Å². The van der Waals surface area contributed by atoms with Crippen LogP contribution in [-0.4, -0.2) is 9.55 Å². The van der Waals surface area contributed by atoms with Crippen molar-refractivity contribution in [3.8, 4) is 5.69 Å². The van der Waals surface area contributed by atoms with Crippen molar-refractivity contribution in [2.24, 2.45) is 0 Å². The number of imidazole rings is 1. The zero-order valence-electron chi connectivity index (χ0n) is 11.7. The Hall–Kier alpha value is -1.46. The number of nitrogens with zero attached hydrogens (tertiary/aromatic N) is 1. The summed E-state index contributed by atoms with van der Waals surface area (Å²) in [6.07, 6.45) is 0. The van der Waals surface area contributed by atoms with Gasteiger partial charge in [-0.3, -0.25) is 4.57 Å². The molecule has 0 saturated carbocycles. The van der Waals surface area contributed by atoms with E-state index in [0.717, 1.165) is 16.7 Å². The van der Waals surface area contributed by atoms with Gasteiger partial charge in [-0.25, -0.2) is 4.39 Å². The monoisotopic (exact) mass is 364 g/mol. The Kier molecular flexibility index (Phi) is 3.71. The molecule has 3 rings (SSSR count). The first-order chi connectivity index (χ1) is 9.97. The quantitative estimate of drug-likeness (QED) is 0.577. The number of aromatic amines is 1. The summed E-state index contributed by atoms with van der Waals surface area (Å²) >= 11 is 8.60. The van der Waals surface area contributed by atoms with Gasteiger partial charge in [0.2, 0.25) is 0 Å². The zero-order valence-corrected chi connectivity index (χ0v) is 14.1. The molecule has 0 atom stereocenters. The molecule has 1 heterocycles. The van der Waals surface area contributed by atoms with E-state index in [1.54, 1.807) is 6.07 Å². The standard InChI is InChI=1S/C16H14BrFN2S/c1-9(2)10-4-3-5-11(6-10)20-15-8-13(18)12(17)7-14(15)19-16(20)21/h3-9H,1-2H3,(H,19,21). The van der Waals surface area contributed by atoms with Gasteiger partial charge in [-0.2, -0.15) is 0 Å². The molecule has 2 nitrogen and oxygen atoms in total. The summed E-state index contributed by atoms with van der Waals surface area (Å²) < 4.78 is 16.7. The molecule has 0 fully saturated rings. The molecule has 1 aromatic heterocycles. The lowest BCUT2D eigenvalue weighted by Crippen LogP contribution is -1.97. The Morgan fingerprint density at radius 1 is 1.24 bits per heavy atom. The van der Waals surface area contributed by atoms with Gasteiger partial charge in [0, 0.05) is 11.8 Å². The molecule has 0 amide bonds. The lowest BCUT2D eigenvalue weighted by atomic mass is 10.0. The average molecular weight is 365 g/mol. The van der Waals surface area contributed by atoms with Crippen molar-refractivity contribution in [1.82, 2.24) is 9.55 Å². The van der Waals surface area contributed by atoms with E-state index < -0.39 is 0 Å². The van der Waals surface area contributed by atoms with E-state index in [4.69, 9.17) is 12.2 Å². The van der Waals surface area contributed by atoms with Crippen LogP contribution in [-0.2, 0) is 0 Å². The lowest BCUT2D eigenvalue weighted by Gasteiger charge is -2.10. The first-order valence-corrected chi connectivity index (χ1v) is 7.87. The van der Waals surface area contributed by atoms with Crippen molar-refractivity contribution in [2.45, 2.75) is 19.8 Å². The number of fused-ring (bicyclic) bond motifs is 1. The molecule has 2 aromatic carbocycles. The van der Waals surface area contributed by atoms with Crippen LogP contribution in [0.25, 0.3) is 16.7 Å². The Labute approximate surface area is 135 Å². The highest BCUT2D eigenvalue weighted by Gasteiger charge is 2.11. The molecule has 0 bridgehead atoms. The highest BCUT2D eigenvalue weighted by atomic mass is 79.9. The second-order valence-corrected chi connectivity index (χ2v) is 6.54. The van der Waals surface area contributed by atoms with Gasteiger partial charge in [0.05, 0.1) is 15.5 Å². The normalized spacial score (nSPS) is 11.5. The van der Waals surface area contributed by atoms with Crippen LogP contribution in [0.1, 0.15) is 25.3 Å². The molecular formula is C16H14BrFN2S. The van der Waals surface area contributed by atoms with E-state index in [1.165, 1.54) is 11.6 Å². The van der Waals surface area contributed by atoms with Gasteiger partial charge in [-0.1, -0.05) is 26.0 Å². The number of benzene rings is 2. The molecule has 0 spiro atoms. The third-order valence-electron chi connectivity index (χ3n) is 3.52. The fourth-order valence-electron chi connectivity index (χ4n) is 2.38. The topological polar surface area (TPSA) is 20.7 Å². The number of H-pyrrole nitrogens is 1. The number of halogens is 2. The van der Waals surface area contributed by atoms with E-state index in [0.29, 0.717) is 15.2 Å². The minimum Gasteiger partial charge on any atom is -0.330 e. The molecule has 5 heteroatoms. The molecule has 0 aliphatic heterocycles. The van der Waals surface area contributed by atoms with Crippen LogP contribution in [0.15, 0.2) is 40.9 Å². The van der Waals surface area contributed by atoms with Crippen molar-refractivity contribution < 1.29 is 4.39 Å². The Morgan fingerprint density at radius 3 is 2.71 bits per heavy atom. The van der Waals surface area contributed by atoms with Gasteiger partial charge in [0.25, 0.3) is 0 Å². The highest BCUT2D eigenvalue weighted by Crippen LogP contribution is 2.26. The Bertz CT molecular complexity index is 880. The number of hydrogen-bond acceptors (Lipinski definition) is 1. The largest absolute Gasteiger partial charge is 0.330 e. The fraction of sp³-hybridized carbons (Fsp3) is 0.188. The number of hydrogen-bond donors (Lipinski definition) is 1. The predicted octanol–water partition coefficient (Wildman–Crippen LogP) is 5.71.